The van der Waals surface area contributed by atoms with E-state index in [2.05, 4.69) is 5.32 Å². The van der Waals surface area contributed by atoms with Crippen molar-refractivity contribution in [2.45, 2.75) is 19.9 Å². The Morgan fingerprint density at radius 2 is 2.00 bits per heavy atom. The normalized spacial score (nSPS) is 14.2. The lowest BCUT2D eigenvalue weighted by Gasteiger charge is -2.19. The monoisotopic (exact) mass is 293 g/mol. The Kier molecular flexibility index (Phi) is 5.57. The Morgan fingerprint density at radius 1 is 1.35 bits per heavy atom. The van der Waals surface area contributed by atoms with E-state index < -0.39 is 0 Å². The van der Waals surface area contributed by atoms with Crippen molar-refractivity contribution in [3.63, 3.8) is 0 Å². The molecule has 1 aromatic rings. The van der Waals surface area contributed by atoms with Crippen LogP contribution in [0.1, 0.15) is 24.2 Å². The van der Waals surface area contributed by atoms with Gasteiger partial charge in [-0.1, -0.05) is 30.1 Å². The van der Waals surface area contributed by atoms with Crippen molar-refractivity contribution in [1.29, 1.82) is 0 Å². The average Bonchev–Trinajstić information content (AvgIpc) is 2.27. The van der Waals surface area contributed by atoms with Crippen molar-refractivity contribution in [2.24, 2.45) is 5.92 Å². The second-order valence-electron chi connectivity index (χ2n) is 4.02. The van der Waals surface area contributed by atoms with Crippen LogP contribution >= 0.6 is 34.8 Å². The highest BCUT2D eigenvalue weighted by Crippen LogP contribution is 2.21. The molecule has 1 N–H and O–H groups in total. The third-order valence-corrected chi connectivity index (χ3v) is 3.67. The van der Waals surface area contributed by atoms with Crippen LogP contribution in [0.5, 0.6) is 0 Å². The van der Waals surface area contributed by atoms with Crippen molar-refractivity contribution in [2.75, 3.05) is 5.88 Å². The summed E-state index contributed by atoms with van der Waals surface area (Å²) < 4.78 is 0. The molecule has 5 heteroatoms. The molecule has 0 bridgehead atoms. The number of benzene rings is 1. The topological polar surface area (TPSA) is 29.1 Å². The predicted octanol–water partition coefficient (Wildman–Crippen LogP) is 3.99. The minimum Gasteiger partial charge on any atom is -0.349 e. The molecule has 0 aliphatic rings. The zero-order valence-electron chi connectivity index (χ0n) is 9.64. The third-order valence-electron chi connectivity index (χ3n) is 2.63. The van der Waals surface area contributed by atoms with Gasteiger partial charge in [-0.05, 0) is 31.0 Å². The van der Waals surface area contributed by atoms with Crippen LogP contribution in [0.25, 0.3) is 0 Å². The number of carbonyl (C=O) groups excluding carboxylic acids is 1. The maximum Gasteiger partial charge on any atom is 0.253 e. The highest BCUT2D eigenvalue weighted by molar-refractivity contribution is 6.36. The van der Waals surface area contributed by atoms with Crippen molar-refractivity contribution in [3.05, 3.63) is 33.8 Å². The van der Waals surface area contributed by atoms with Gasteiger partial charge < -0.3 is 5.32 Å². The van der Waals surface area contributed by atoms with E-state index in [9.17, 15) is 4.79 Å². The van der Waals surface area contributed by atoms with Crippen LogP contribution in [0, 0.1) is 5.92 Å². The molecule has 1 aromatic carbocycles. The van der Waals surface area contributed by atoms with E-state index in [-0.39, 0.29) is 17.9 Å². The molecule has 2 nitrogen and oxygen atoms in total. The Morgan fingerprint density at radius 3 is 2.53 bits per heavy atom. The smallest absolute Gasteiger partial charge is 0.253 e. The molecule has 1 amide bonds. The highest BCUT2D eigenvalue weighted by Gasteiger charge is 2.16. The van der Waals surface area contributed by atoms with Crippen molar-refractivity contribution in [3.8, 4) is 0 Å². The van der Waals surface area contributed by atoms with Gasteiger partial charge in [-0.3, -0.25) is 4.79 Å². The van der Waals surface area contributed by atoms with Crippen molar-refractivity contribution >= 4 is 40.7 Å². The number of hydrogen-bond acceptors (Lipinski definition) is 1. The fourth-order valence-electron chi connectivity index (χ4n) is 1.23. The van der Waals surface area contributed by atoms with Gasteiger partial charge in [-0.2, -0.15) is 0 Å². The fraction of sp³-hybridized carbons (Fsp3) is 0.417. The molecule has 0 spiro atoms. The molecule has 0 radical (unpaired) electrons. The number of hydrogen-bond donors (Lipinski definition) is 1. The van der Waals surface area contributed by atoms with Crippen molar-refractivity contribution in [1.82, 2.24) is 5.32 Å². The van der Waals surface area contributed by atoms with Crippen LogP contribution in [0.3, 0.4) is 0 Å². The molecule has 2 atom stereocenters. The van der Waals surface area contributed by atoms with E-state index in [1.165, 1.54) is 0 Å². The minimum atomic E-state index is -0.212. The van der Waals surface area contributed by atoms with Crippen LogP contribution in [0.4, 0.5) is 0 Å². The summed E-state index contributed by atoms with van der Waals surface area (Å²) in [5.41, 5.74) is 0.421. The average molecular weight is 295 g/mol. The molecule has 0 saturated heterocycles. The molecule has 0 aliphatic carbocycles. The Labute approximate surface area is 116 Å². The Balaban J connectivity index is 2.76. The van der Waals surface area contributed by atoms with Gasteiger partial charge in [0.05, 0.1) is 10.6 Å². The largest absolute Gasteiger partial charge is 0.349 e. The third kappa shape index (κ3) is 4.06. The maximum absolute atomic E-state index is 11.9. The van der Waals surface area contributed by atoms with Gasteiger partial charge in [0.2, 0.25) is 0 Å². The number of carbonyl (C=O) groups is 1. The lowest BCUT2D eigenvalue weighted by Crippen LogP contribution is -2.37. The summed E-state index contributed by atoms with van der Waals surface area (Å²) in [5, 5.41) is 3.71. The first-order valence-electron chi connectivity index (χ1n) is 5.27. The second kappa shape index (κ2) is 6.48. The number of nitrogens with one attached hydrogen (secondary N) is 1. The van der Waals surface area contributed by atoms with Crippen LogP contribution in [0.15, 0.2) is 18.2 Å². The first-order valence-corrected chi connectivity index (χ1v) is 6.56. The summed E-state index contributed by atoms with van der Waals surface area (Å²) in [4.78, 5) is 11.9. The molecule has 0 aromatic heterocycles. The summed E-state index contributed by atoms with van der Waals surface area (Å²) in [6.45, 7) is 3.89. The van der Waals surface area contributed by atoms with Gasteiger partial charge in [0.1, 0.15) is 0 Å². The van der Waals surface area contributed by atoms with E-state index in [1.807, 2.05) is 13.8 Å². The van der Waals surface area contributed by atoms with E-state index in [4.69, 9.17) is 34.8 Å². The van der Waals surface area contributed by atoms with Crippen LogP contribution in [-0.4, -0.2) is 17.8 Å². The zero-order chi connectivity index (χ0) is 13.0. The molecule has 0 aliphatic heterocycles. The van der Waals surface area contributed by atoms with Gasteiger partial charge in [-0.15, -0.1) is 11.6 Å². The predicted molar refractivity (Wildman–Crippen MR) is 73.3 cm³/mol. The summed E-state index contributed by atoms with van der Waals surface area (Å²) in [5.74, 6) is 0.485. The summed E-state index contributed by atoms with van der Waals surface area (Å²) in [6, 6.07) is 4.79. The molecular weight excluding hydrogens is 280 g/mol. The van der Waals surface area contributed by atoms with Crippen LogP contribution < -0.4 is 5.32 Å². The Bertz CT molecular complexity index is 409. The van der Waals surface area contributed by atoms with Gasteiger partial charge >= 0.3 is 0 Å². The highest BCUT2D eigenvalue weighted by atomic mass is 35.5. The van der Waals surface area contributed by atoms with E-state index >= 15 is 0 Å². The molecule has 94 valence electrons. The summed E-state index contributed by atoms with van der Waals surface area (Å²) in [6.07, 6.45) is 0. The first kappa shape index (κ1) is 14.6. The molecular formula is C12H14Cl3NO. The minimum absolute atomic E-state index is 0.00764. The summed E-state index contributed by atoms with van der Waals surface area (Å²) in [7, 11) is 0. The number of alkyl halides is 1. The SMILES string of the molecule is CC(CCl)C(C)NC(=O)c1ccc(Cl)cc1Cl. The molecule has 0 saturated carbocycles. The van der Waals surface area contributed by atoms with Gasteiger partial charge in [0.25, 0.3) is 5.91 Å². The van der Waals surface area contributed by atoms with E-state index in [0.717, 1.165) is 0 Å². The Hall–Kier alpha value is -0.440. The lowest BCUT2D eigenvalue weighted by atomic mass is 10.1. The number of rotatable bonds is 4. The van der Waals surface area contributed by atoms with E-state index in [1.54, 1.807) is 18.2 Å². The zero-order valence-corrected chi connectivity index (χ0v) is 11.9. The van der Waals surface area contributed by atoms with Gasteiger partial charge in [0, 0.05) is 16.9 Å². The fourth-order valence-corrected chi connectivity index (χ4v) is 2.00. The van der Waals surface area contributed by atoms with Crippen molar-refractivity contribution < 1.29 is 4.79 Å². The molecule has 1 rings (SSSR count). The standard InChI is InChI=1S/C12H14Cl3NO/c1-7(6-13)8(2)16-12(17)10-4-3-9(14)5-11(10)15/h3-5,7-8H,6H2,1-2H3,(H,16,17). The van der Waals surface area contributed by atoms with Crippen LogP contribution in [-0.2, 0) is 0 Å². The van der Waals surface area contributed by atoms with Gasteiger partial charge in [-0.25, -0.2) is 0 Å². The molecule has 2 unspecified atom stereocenters. The van der Waals surface area contributed by atoms with Gasteiger partial charge in [0.15, 0.2) is 0 Å². The van der Waals surface area contributed by atoms with Crippen LogP contribution in [0.2, 0.25) is 10.0 Å². The second-order valence-corrected chi connectivity index (χ2v) is 5.17. The lowest BCUT2D eigenvalue weighted by molar-refractivity contribution is 0.0931. The first-order chi connectivity index (χ1) is 7.95. The molecule has 17 heavy (non-hydrogen) atoms. The maximum atomic E-state index is 11.9. The quantitative estimate of drug-likeness (QED) is 0.836. The summed E-state index contributed by atoms with van der Waals surface area (Å²) >= 11 is 17.5. The molecule has 0 fully saturated rings. The van der Waals surface area contributed by atoms with E-state index in [0.29, 0.717) is 21.5 Å². The number of amides is 1. The number of halogens is 3. The molecule has 0 heterocycles.